The Kier molecular flexibility index (Phi) is 5.04. The van der Waals surface area contributed by atoms with Crippen molar-refractivity contribution in [2.45, 2.75) is 57.2 Å². The lowest BCUT2D eigenvalue weighted by molar-refractivity contribution is 0.198. The van der Waals surface area contributed by atoms with Gasteiger partial charge in [-0.25, -0.2) is 0 Å². The number of nitrogens with one attached hydrogen (secondary N) is 1. The van der Waals surface area contributed by atoms with Crippen molar-refractivity contribution >= 4 is 17.3 Å². The average molecular weight is 339 g/mol. The van der Waals surface area contributed by atoms with Gasteiger partial charge in [-0.1, -0.05) is 24.4 Å². The molecular weight excluding hydrogens is 312 g/mol. The Morgan fingerprint density at radius 3 is 2.87 bits per heavy atom. The quantitative estimate of drug-likeness (QED) is 0.885. The van der Waals surface area contributed by atoms with E-state index >= 15 is 0 Å². The smallest absolute Gasteiger partial charge is 0.138 e. The molecule has 1 aromatic carbocycles. The summed E-state index contributed by atoms with van der Waals surface area (Å²) >= 11 is 6.38. The Morgan fingerprint density at radius 1 is 1.35 bits per heavy atom. The number of hydrogen-bond donors (Lipinski definition) is 2. The zero-order valence-corrected chi connectivity index (χ0v) is 14.8. The van der Waals surface area contributed by atoms with E-state index in [-0.39, 0.29) is 18.8 Å². The van der Waals surface area contributed by atoms with Gasteiger partial charge in [0.05, 0.1) is 11.6 Å². The summed E-state index contributed by atoms with van der Waals surface area (Å²) in [6.45, 7) is 5.77. The molecule has 1 saturated carbocycles. The van der Waals surface area contributed by atoms with Gasteiger partial charge < -0.3 is 20.1 Å². The van der Waals surface area contributed by atoms with Crippen LogP contribution in [0, 0.1) is 0 Å². The van der Waals surface area contributed by atoms with Crippen LogP contribution in [-0.4, -0.2) is 42.5 Å². The largest absolute Gasteiger partial charge is 0.490 e. The van der Waals surface area contributed by atoms with Crippen molar-refractivity contribution < 1.29 is 9.84 Å². The molecule has 128 valence electrons. The molecule has 2 atom stereocenters. The lowest BCUT2D eigenvalue weighted by Crippen LogP contribution is -2.67. The molecule has 23 heavy (non-hydrogen) atoms. The number of anilines is 1. The molecule has 1 aromatic rings. The van der Waals surface area contributed by atoms with E-state index < -0.39 is 0 Å². The number of fused-ring (bicyclic) bond motifs is 1. The van der Waals surface area contributed by atoms with Crippen LogP contribution in [0.2, 0.25) is 5.02 Å². The molecule has 2 fully saturated rings. The second kappa shape index (κ2) is 6.88. The zero-order valence-electron chi connectivity index (χ0n) is 14.0. The Hall–Kier alpha value is -0.970. The number of benzene rings is 1. The SMILES string of the molecule is CC1(C)CN(c2ccc(OCCO)c(Cl)c2)[C@H]2CCCC[C@@H]2N1. The van der Waals surface area contributed by atoms with Crippen molar-refractivity contribution in [3.63, 3.8) is 0 Å². The van der Waals surface area contributed by atoms with Gasteiger partial charge in [0.25, 0.3) is 0 Å². The number of hydrogen-bond acceptors (Lipinski definition) is 4. The molecular formula is C18H27ClN2O2. The average Bonchev–Trinajstić information content (AvgIpc) is 2.52. The van der Waals surface area contributed by atoms with E-state index in [2.05, 4.69) is 30.1 Å². The van der Waals surface area contributed by atoms with E-state index in [9.17, 15) is 0 Å². The summed E-state index contributed by atoms with van der Waals surface area (Å²) in [6.07, 6.45) is 5.09. The molecule has 1 heterocycles. The van der Waals surface area contributed by atoms with Crippen molar-refractivity contribution in [1.82, 2.24) is 5.32 Å². The summed E-state index contributed by atoms with van der Waals surface area (Å²) in [5.41, 5.74) is 1.26. The van der Waals surface area contributed by atoms with Gasteiger partial charge in [0, 0.05) is 29.9 Å². The Labute approximate surface area is 143 Å². The summed E-state index contributed by atoms with van der Waals surface area (Å²) < 4.78 is 5.46. The number of nitrogens with zero attached hydrogens (tertiary/aromatic N) is 1. The lowest BCUT2D eigenvalue weighted by atomic mass is 9.83. The first-order valence-corrected chi connectivity index (χ1v) is 8.95. The van der Waals surface area contributed by atoms with Crippen molar-refractivity contribution in [1.29, 1.82) is 0 Å². The monoisotopic (exact) mass is 338 g/mol. The van der Waals surface area contributed by atoms with Crippen LogP contribution in [0.1, 0.15) is 39.5 Å². The highest BCUT2D eigenvalue weighted by Gasteiger charge is 2.40. The highest BCUT2D eigenvalue weighted by atomic mass is 35.5. The van der Waals surface area contributed by atoms with Gasteiger partial charge in [0.2, 0.25) is 0 Å². The zero-order chi connectivity index (χ0) is 16.4. The van der Waals surface area contributed by atoms with Crippen LogP contribution < -0.4 is 15.0 Å². The van der Waals surface area contributed by atoms with Gasteiger partial charge in [-0.15, -0.1) is 0 Å². The molecule has 3 rings (SSSR count). The molecule has 0 unspecified atom stereocenters. The highest BCUT2D eigenvalue weighted by molar-refractivity contribution is 6.32. The van der Waals surface area contributed by atoms with Crippen LogP contribution in [0.4, 0.5) is 5.69 Å². The second-order valence-electron chi connectivity index (χ2n) is 7.30. The van der Waals surface area contributed by atoms with Crippen molar-refractivity contribution in [3.05, 3.63) is 23.2 Å². The van der Waals surface area contributed by atoms with Crippen LogP contribution in [0.15, 0.2) is 18.2 Å². The molecule has 2 N–H and O–H groups in total. The third-order valence-electron chi connectivity index (χ3n) is 4.87. The third kappa shape index (κ3) is 3.76. The summed E-state index contributed by atoms with van der Waals surface area (Å²) in [7, 11) is 0. The van der Waals surface area contributed by atoms with Gasteiger partial charge in [-0.3, -0.25) is 0 Å². The minimum atomic E-state index is -0.00613. The number of rotatable bonds is 4. The first-order valence-electron chi connectivity index (χ1n) is 8.58. The molecule has 2 aliphatic rings. The van der Waals surface area contributed by atoms with Crippen LogP contribution in [-0.2, 0) is 0 Å². The number of aliphatic hydroxyl groups is 1. The topological polar surface area (TPSA) is 44.7 Å². The predicted molar refractivity (Wildman–Crippen MR) is 94.6 cm³/mol. The normalized spacial score (nSPS) is 26.7. The highest BCUT2D eigenvalue weighted by Crippen LogP contribution is 2.36. The first-order chi connectivity index (χ1) is 11.0. The fourth-order valence-electron chi connectivity index (χ4n) is 3.97. The molecule has 4 nitrogen and oxygen atoms in total. The third-order valence-corrected chi connectivity index (χ3v) is 5.16. The molecule has 0 radical (unpaired) electrons. The van der Waals surface area contributed by atoms with Crippen molar-refractivity contribution in [3.8, 4) is 5.75 Å². The standard InChI is InChI=1S/C18H27ClN2O2/c1-18(2)12-21(16-6-4-3-5-15(16)20-18)13-7-8-17(14(19)11-13)23-10-9-22/h7-8,11,15-16,20,22H,3-6,9-10,12H2,1-2H3/t15-,16-/m0/s1. The molecule has 0 aromatic heterocycles. The molecule has 1 aliphatic carbocycles. The van der Waals surface area contributed by atoms with E-state index in [1.807, 2.05) is 12.1 Å². The maximum Gasteiger partial charge on any atom is 0.138 e. The van der Waals surface area contributed by atoms with E-state index in [4.69, 9.17) is 21.4 Å². The summed E-state index contributed by atoms with van der Waals surface area (Å²) in [5.74, 6) is 0.638. The number of halogens is 1. The van der Waals surface area contributed by atoms with Crippen LogP contribution >= 0.6 is 11.6 Å². The Balaban J connectivity index is 1.84. The maximum atomic E-state index is 8.88. The van der Waals surface area contributed by atoms with Gasteiger partial charge in [-0.05, 0) is 44.9 Å². The number of ether oxygens (including phenoxy) is 1. The van der Waals surface area contributed by atoms with Gasteiger partial charge in [0.15, 0.2) is 0 Å². The van der Waals surface area contributed by atoms with Crippen LogP contribution in [0.25, 0.3) is 0 Å². The van der Waals surface area contributed by atoms with Crippen LogP contribution in [0.3, 0.4) is 0 Å². The minimum Gasteiger partial charge on any atom is -0.490 e. The first kappa shape index (κ1) is 16.9. The molecule has 1 saturated heterocycles. The van der Waals surface area contributed by atoms with Crippen molar-refractivity contribution in [2.24, 2.45) is 0 Å². The molecule has 5 heteroatoms. The Morgan fingerprint density at radius 2 is 2.13 bits per heavy atom. The minimum absolute atomic E-state index is 0.00613. The lowest BCUT2D eigenvalue weighted by Gasteiger charge is -2.52. The van der Waals surface area contributed by atoms with E-state index in [0.29, 0.717) is 22.9 Å². The predicted octanol–water partition coefficient (Wildman–Crippen LogP) is 3.21. The fraction of sp³-hybridized carbons (Fsp3) is 0.667. The maximum absolute atomic E-state index is 8.88. The molecule has 0 amide bonds. The molecule has 0 spiro atoms. The second-order valence-corrected chi connectivity index (χ2v) is 7.71. The van der Waals surface area contributed by atoms with E-state index in [0.717, 1.165) is 12.2 Å². The van der Waals surface area contributed by atoms with E-state index in [1.54, 1.807) is 0 Å². The fourth-order valence-corrected chi connectivity index (χ4v) is 4.20. The van der Waals surface area contributed by atoms with E-state index in [1.165, 1.54) is 25.7 Å². The van der Waals surface area contributed by atoms with Gasteiger partial charge in [0.1, 0.15) is 12.4 Å². The number of aliphatic hydroxyl groups excluding tert-OH is 1. The van der Waals surface area contributed by atoms with Crippen molar-refractivity contribution in [2.75, 3.05) is 24.7 Å². The van der Waals surface area contributed by atoms with Gasteiger partial charge in [-0.2, -0.15) is 0 Å². The summed E-state index contributed by atoms with van der Waals surface area (Å²) in [4.78, 5) is 2.52. The Bertz CT molecular complexity index is 550. The van der Waals surface area contributed by atoms with Gasteiger partial charge >= 0.3 is 0 Å². The summed E-state index contributed by atoms with van der Waals surface area (Å²) in [6, 6.07) is 7.10. The number of piperazine rings is 1. The summed E-state index contributed by atoms with van der Waals surface area (Å²) in [5, 5.41) is 13.3. The molecule has 1 aliphatic heterocycles. The molecule has 0 bridgehead atoms. The van der Waals surface area contributed by atoms with Crippen LogP contribution in [0.5, 0.6) is 5.75 Å².